The van der Waals surface area contributed by atoms with Crippen molar-refractivity contribution < 1.29 is 4.74 Å². The molecule has 104 valence electrons. The van der Waals surface area contributed by atoms with E-state index in [4.69, 9.17) is 4.74 Å². The molecule has 1 atom stereocenters. The summed E-state index contributed by atoms with van der Waals surface area (Å²) in [6.07, 6.45) is 5.25. The van der Waals surface area contributed by atoms with Gasteiger partial charge in [-0.1, -0.05) is 12.1 Å². The number of rotatable bonds is 6. The molecule has 0 spiro atoms. The number of hydrogen-bond acceptors (Lipinski definition) is 3. The monoisotopic (exact) mass is 260 g/mol. The molecule has 1 aromatic rings. The molecule has 0 radical (unpaired) electrons. The maximum absolute atomic E-state index is 5.25. The van der Waals surface area contributed by atoms with Crippen LogP contribution in [0.3, 0.4) is 0 Å². The van der Waals surface area contributed by atoms with Gasteiger partial charge in [-0.2, -0.15) is 0 Å². The Morgan fingerprint density at radius 3 is 3.00 bits per heavy atom. The van der Waals surface area contributed by atoms with Gasteiger partial charge in [-0.25, -0.2) is 0 Å². The Morgan fingerprint density at radius 1 is 1.32 bits per heavy atom. The van der Waals surface area contributed by atoms with Crippen LogP contribution in [0.1, 0.15) is 24.8 Å². The van der Waals surface area contributed by atoms with Crippen LogP contribution in [0.2, 0.25) is 0 Å². The highest BCUT2D eigenvalue weighted by molar-refractivity contribution is 5.28. The van der Waals surface area contributed by atoms with Gasteiger partial charge in [0, 0.05) is 25.2 Å². The highest BCUT2D eigenvalue weighted by atomic mass is 16.5. The minimum absolute atomic E-state index is 0.700. The second-order valence-electron chi connectivity index (χ2n) is 5.77. The summed E-state index contributed by atoms with van der Waals surface area (Å²) >= 11 is 0. The molecule has 1 aromatic carbocycles. The van der Waals surface area contributed by atoms with Crippen LogP contribution in [0.25, 0.3) is 0 Å². The SMILES string of the molecule is COc1cccc(CCNC2CCN(C3CC3)C2)c1. The zero-order valence-electron chi connectivity index (χ0n) is 11.8. The Hall–Kier alpha value is -1.06. The molecule has 0 amide bonds. The van der Waals surface area contributed by atoms with Crippen molar-refractivity contribution >= 4 is 0 Å². The molecule has 1 aliphatic heterocycles. The lowest BCUT2D eigenvalue weighted by Crippen LogP contribution is -2.34. The number of nitrogens with one attached hydrogen (secondary N) is 1. The van der Waals surface area contributed by atoms with Crippen LogP contribution in [0.4, 0.5) is 0 Å². The number of benzene rings is 1. The molecule has 1 heterocycles. The van der Waals surface area contributed by atoms with Crippen LogP contribution >= 0.6 is 0 Å². The summed E-state index contributed by atoms with van der Waals surface area (Å²) in [5.74, 6) is 0.957. The summed E-state index contributed by atoms with van der Waals surface area (Å²) in [5, 5.41) is 3.70. The van der Waals surface area contributed by atoms with E-state index in [1.165, 1.54) is 37.9 Å². The lowest BCUT2D eigenvalue weighted by Gasteiger charge is -2.15. The van der Waals surface area contributed by atoms with Crippen LogP contribution in [0.15, 0.2) is 24.3 Å². The fourth-order valence-electron chi connectivity index (χ4n) is 2.97. The molecule has 1 unspecified atom stereocenters. The Bertz CT molecular complexity index is 417. The van der Waals surface area contributed by atoms with E-state index in [0.717, 1.165) is 24.8 Å². The first-order valence-corrected chi connectivity index (χ1v) is 7.45. The molecule has 19 heavy (non-hydrogen) atoms. The Balaban J connectivity index is 1.40. The highest BCUT2D eigenvalue weighted by Gasteiger charge is 2.33. The summed E-state index contributed by atoms with van der Waals surface area (Å²) in [6, 6.07) is 10.00. The van der Waals surface area contributed by atoms with Gasteiger partial charge in [0.1, 0.15) is 5.75 Å². The summed E-state index contributed by atoms with van der Waals surface area (Å²) < 4.78 is 5.25. The Labute approximate surface area is 115 Å². The van der Waals surface area contributed by atoms with Gasteiger partial charge in [-0.3, -0.25) is 4.90 Å². The van der Waals surface area contributed by atoms with Gasteiger partial charge < -0.3 is 10.1 Å². The molecule has 1 saturated carbocycles. The summed E-state index contributed by atoms with van der Waals surface area (Å²) in [7, 11) is 1.72. The third-order valence-corrected chi connectivity index (χ3v) is 4.26. The lowest BCUT2D eigenvalue weighted by molar-refractivity contribution is 0.318. The Morgan fingerprint density at radius 2 is 2.21 bits per heavy atom. The lowest BCUT2D eigenvalue weighted by atomic mass is 10.1. The standard InChI is InChI=1S/C16H24N2O/c1-19-16-4-2-3-13(11-16)7-9-17-14-8-10-18(12-14)15-5-6-15/h2-4,11,14-15,17H,5-10,12H2,1H3. The molecule has 0 aromatic heterocycles. The molecular formula is C16H24N2O. The fraction of sp³-hybridized carbons (Fsp3) is 0.625. The van der Waals surface area contributed by atoms with E-state index in [9.17, 15) is 0 Å². The third-order valence-electron chi connectivity index (χ3n) is 4.26. The average molecular weight is 260 g/mol. The number of likely N-dealkylation sites (tertiary alicyclic amines) is 1. The zero-order valence-corrected chi connectivity index (χ0v) is 11.8. The van der Waals surface area contributed by atoms with E-state index in [-0.39, 0.29) is 0 Å². The van der Waals surface area contributed by atoms with Crippen molar-refractivity contribution in [3.63, 3.8) is 0 Å². The van der Waals surface area contributed by atoms with Gasteiger partial charge in [-0.05, 0) is 49.9 Å². The predicted octanol–water partition coefficient (Wildman–Crippen LogP) is 2.06. The molecule has 1 aliphatic carbocycles. The molecule has 1 N–H and O–H groups in total. The van der Waals surface area contributed by atoms with Crippen molar-refractivity contribution in [2.24, 2.45) is 0 Å². The number of hydrogen-bond donors (Lipinski definition) is 1. The van der Waals surface area contributed by atoms with Gasteiger partial charge in [0.15, 0.2) is 0 Å². The second kappa shape index (κ2) is 5.93. The normalized spacial score (nSPS) is 23.7. The van der Waals surface area contributed by atoms with Crippen LogP contribution in [0, 0.1) is 0 Å². The molecule has 3 rings (SSSR count). The molecule has 0 bridgehead atoms. The van der Waals surface area contributed by atoms with Crippen molar-refractivity contribution in [2.45, 2.75) is 37.8 Å². The van der Waals surface area contributed by atoms with E-state index in [1.54, 1.807) is 7.11 Å². The smallest absolute Gasteiger partial charge is 0.119 e. The van der Waals surface area contributed by atoms with Crippen molar-refractivity contribution in [3.8, 4) is 5.75 Å². The van der Waals surface area contributed by atoms with Crippen molar-refractivity contribution in [3.05, 3.63) is 29.8 Å². The molecule has 1 saturated heterocycles. The van der Waals surface area contributed by atoms with Crippen molar-refractivity contribution in [1.82, 2.24) is 10.2 Å². The van der Waals surface area contributed by atoms with Crippen LogP contribution in [-0.4, -0.2) is 43.7 Å². The first-order valence-electron chi connectivity index (χ1n) is 7.45. The largest absolute Gasteiger partial charge is 0.497 e. The number of ether oxygens (including phenoxy) is 1. The number of methoxy groups -OCH3 is 1. The van der Waals surface area contributed by atoms with Crippen LogP contribution < -0.4 is 10.1 Å². The first kappa shape index (κ1) is 12.9. The molecule has 2 aliphatic rings. The first-order chi connectivity index (χ1) is 9.35. The van der Waals surface area contributed by atoms with Gasteiger partial charge in [0.05, 0.1) is 7.11 Å². The average Bonchev–Trinajstić information content (AvgIpc) is 3.19. The van der Waals surface area contributed by atoms with E-state index >= 15 is 0 Å². The topological polar surface area (TPSA) is 24.5 Å². The molecule has 3 heteroatoms. The van der Waals surface area contributed by atoms with Gasteiger partial charge in [-0.15, -0.1) is 0 Å². The van der Waals surface area contributed by atoms with Crippen LogP contribution in [0.5, 0.6) is 5.75 Å². The van der Waals surface area contributed by atoms with Crippen LogP contribution in [-0.2, 0) is 6.42 Å². The van der Waals surface area contributed by atoms with E-state index in [1.807, 2.05) is 6.07 Å². The number of nitrogens with zero attached hydrogens (tertiary/aromatic N) is 1. The van der Waals surface area contributed by atoms with Gasteiger partial charge in [0.25, 0.3) is 0 Å². The van der Waals surface area contributed by atoms with Gasteiger partial charge >= 0.3 is 0 Å². The van der Waals surface area contributed by atoms with E-state index in [0.29, 0.717) is 6.04 Å². The van der Waals surface area contributed by atoms with Crippen molar-refractivity contribution in [2.75, 3.05) is 26.7 Å². The fourth-order valence-corrected chi connectivity index (χ4v) is 2.97. The highest BCUT2D eigenvalue weighted by Crippen LogP contribution is 2.29. The maximum Gasteiger partial charge on any atom is 0.119 e. The zero-order chi connectivity index (χ0) is 13.1. The summed E-state index contributed by atoms with van der Waals surface area (Å²) in [5.41, 5.74) is 1.35. The maximum atomic E-state index is 5.25. The van der Waals surface area contributed by atoms with E-state index < -0.39 is 0 Å². The molecule has 2 fully saturated rings. The third kappa shape index (κ3) is 3.48. The predicted molar refractivity (Wildman–Crippen MR) is 77.7 cm³/mol. The minimum Gasteiger partial charge on any atom is -0.497 e. The minimum atomic E-state index is 0.700. The van der Waals surface area contributed by atoms with E-state index in [2.05, 4.69) is 28.4 Å². The summed E-state index contributed by atoms with van der Waals surface area (Å²) in [4.78, 5) is 2.66. The van der Waals surface area contributed by atoms with Crippen molar-refractivity contribution in [1.29, 1.82) is 0 Å². The van der Waals surface area contributed by atoms with Gasteiger partial charge in [0.2, 0.25) is 0 Å². The summed E-state index contributed by atoms with van der Waals surface area (Å²) in [6.45, 7) is 3.61. The second-order valence-corrected chi connectivity index (χ2v) is 5.77. The molecule has 3 nitrogen and oxygen atoms in total. The Kier molecular flexibility index (Phi) is 4.04. The molecular weight excluding hydrogens is 236 g/mol. The quantitative estimate of drug-likeness (QED) is 0.847.